The van der Waals surface area contributed by atoms with Gasteiger partial charge in [0.2, 0.25) is 0 Å². The van der Waals surface area contributed by atoms with Crippen LogP contribution in [-0.4, -0.2) is 5.11 Å². The van der Waals surface area contributed by atoms with Gasteiger partial charge in [0.25, 0.3) is 0 Å². The van der Waals surface area contributed by atoms with Crippen LogP contribution in [0.5, 0.6) is 0 Å². The van der Waals surface area contributed by atoms with Gasteiger partial charge in [0, 0.05) is 4.91 Å². The van der Waals surface area contributed by atoms with Crippen molar-refractivity contribution in [3.05, 3.63) is 22.8 Å². The molecule has 1 N–H and O–H groups in total. The summed E-state index contributed by atoms with van der Waals surface area (Å²) in [5.74, 6) is 0.432. The summed E-state index contributed by atoms with van der Waals surface area (Å²) < 4.78 is 0. The Kier molecular flexibility index (Phi) is 2.62. The molecule has 1 aliphatic rings. The molecule has 1 rings (SSSR count). The average Bonchev–Trinajstić information content (AvgIpc) is 1.89. The fourth-order valence-electron chi connectivity index (χ4n) is 0.748. The molecule has 0 aromatic carbocycles. The van der Waals surface area contributed by atoms with E-state index in [1.54, 1.807) is 0 Å². The van der Waals surface area contributed by atoms with E-state index in [-0.39, 0.29) is 0 Å². The van der Waals surface area contributed by atoms with Crippen molar-refractivity contribution in [1.82, 2.24) is 0 Å². The molecule has 1 nitrogen and oxygen atoms in total. The van der Waals surface area contributed by atoms with Crippen LogP contribution in [0.25, 0.3) is 0 Å². The van der Waals surface area contributed by atoms with Crippen LogP contribution in [0.3, 0.4) is 0 Å². The minimum absolute atomic E-state index is 0.432. The topological polar surface area (TPSA) is 20.2 Å². The molecule has 0 saturated carbocycles. The van der Waals surface area contributed by atoms with Gasteiger partial charge in [-0.25, -0.2) is 0 Å². The zero-order valence-corrected chi connectivity index (χ0v) is 6.97. The molecule has 0 aliphatic heterocycles. The number of allylic oxidation sites excluding steroid dienone is 2. The van der Waals surface area contributed by atoms with E-state index in [1.807, 2.05) is 12.2 Å². The Hall–Kier alpha value is 0.0600. The van der Waals surface area contributed by atoms with Gasteiger partial charge in [-0.2, -0.15) is 0 Å². The lowest BCUT2D eigenvalue weighted by molar-refractivity contribution is 0.424. The Bertz CT molecular complexity index is 162. The standard InChI is InChI=1S/C6H9OPS/c7-5-3-1-2-4-6(5)9-8/h3-4,7H,1-2,8H2. The zero-order chi connectivity index (χ0) is 6.69. The third-order valence-electron chi connectivity index (χ3n) is 1.21. The second-order valence-corrected chi connectivity index (χ2v) is 3.24. The number of rotatable bonds is 1. The van der Waals surface area contributed by atoms with E-state index < -0.39 is 0 Å². The van der Waals surface area contributed by atoms with E-state index in [1.165, 1.54) is 11.4 Å². The van der Waals surface area contributed by atoms with Crippen molar-refractivity contribution in [1.29, 1.82) is 0 Å². The first kappa shape index (κ1) is 7.17. The fraction of sp³-hybridized carbons (Fsp3) is 0.333. The van der Waals surface area contributed by atoms with Crippen molar-refractivity contribution in [3.8, 4) is 0 Å². The van der Waals surface area contributed by atoms with Gasteiger partial charge < -0.3 is 5.11 Å². The Morgan fingerprint density at radius 1 is 1.44 bits per heavy atom. The highest BCUT2D eigenvalue weighted by Gasteiger charge is 2.03. The molecule has 0 fully saturated rings. The number of hydrogen-bond acceptors (Lipinski definition) is 2. The van der Waals surface area contributed by atoms with Crippen molar-refractivity contribution >= 4 is 19.8 Å². The molecule has 3 heteroatoms. The van der Waals surface area contributed by atoms with Gasteiger partial charge in [0.15, 0.2) is 0 Å². The van der Waals surface area contributed by atoms with Gasteiger partial charge in [-0.05, 0) is 18.9 Å². The zero-order valence-electron chi connectivity index (χ0n) is 5.00. The summed E-state index contributed by atoms with van der Waals surface area (Å²) in [7, 11) is 2.52. The molecule has 0 radical (unpaired) electrons. The summed E-state index contributed by atoms with van der Waals surface area (Å²) in [5, 5.41) is 9.13. The lowest BCUT2D eigenvalue weighted by atomic mass is 10.2. The molecular formula is C6H9OPS. The molecule has 0 amide bonds. The van der Waals surface area contributed by atoms with Crippen LogP contribution in [0, 0.1) is 0 Å². The first-order valence-corrected chi connectivity index (χ1v) is 5.10. The Balaban J connectivity index is 2.68. The highest BCUT2D eigenvalue weighted by molar-refractivity contribution is 8.46. The predicted molar refractivity (Wildman–Crippen MR) is 45.3 cm³/mol. The molecule has 50 valence electrons. The van der Waals surface area contributed by atoms with E-state index in [0.29, 0.717) is 5.76 Å². The normalized spacial score (nSPS) is 18.8. The van der Waals surface area contributed by atoms with Crippen molar-refractivity contribution in [2.45, 2.75) is 12.8 Å². The van der Waals surface area contributed by atoms with Crippen LogP contribution in [0.4, 0.5) is 0 Å². The van der Waals surface area contributed by atoms with Gasteiger partial charge in [0.1, 0.15) is 5.76 Å². The van der Waals surface area contributed by atoms with Crippen LogP contribution in [-0.2, 0) is 0 Å². The molecule has 1 atom stereocenters. The second kappa shape index (κ2) is 3.28. The summed E-state index contributed by atoms with van der Waals surface area (Å²) in [4.78, 5) is 0.978. The Morgan fingerprint density at radius 3 is 2.56 bits per heavy atom. The third-order valence-corrected chi connectivity index (χ3v) is 2.61. The van der Waals surface area contributed by atoms with Gasteiger partial charge in [-0.15, -0.1) is 11.4 Å². The minimum Gasteiger partial charge on any atom is -0.507 e. The van der Waals surface area contributed by atoms with Crippen molar-refractivity contribution in [2.24, 2.45) is 0 Å². The third kappa shape index (κ3) is 1.74. The van der Waals surface area contributed by atoms with Crippen LogP contribution < -0.4 is 0 Å². The summed E-state index contributed by atoms with van der Waals surface area (Å²) in [6.45, 7) is 0. The first-order chi connectivity index (χ1) is 4.34. The number of aliphatic hydroxyl groups is 1. The Morgan fingerprint density at radius 2 is 2.11 bits per heavy atom. The van der Waals surface area contributed by atoms with Gasteiger partial charge in [0.05, 0.1) is 0 Å². The van der Waals surface area contributed by atoms with Crippen molar-refractivity contribution in [3.63, 3.8) is 0 Å². The van der Waals surface area contributed by atoms with E-state index in [4.69, 9.17) is 5.11 Å². The SMILES string of the molecule is OC1=CCCC=C1SP. The molecule has 0 bridgehead atoms. The maximum absolute atomic E-state index is 9.13. The van der Waals surface area contributed by atoms with E-state index in [0.717, 1.165) is 17.7 Å². The minimum atomic E-state index is 0.432. The molecule has 9 heavy (non-hydrogen) atoms. The second-order valence-electron chi connectivity index (χ2n) is 1.85. The fourth-order valence-corrected chi connectivity index (χ4v) is 1.82. The molecule has 0 aromatic rings. The molecule has 1 aliphatic carbocycles. The summed E-state index contributed by atoms with van der Waals surface area (Å²) >= 11 is 1.51. The molecule has 0 saturated heterocycles. The van der Waals surface area contributed by atoms with Crippen molar-refractivity contribution in [2.75, 3.05) is 0 Å². The number of hydrogen-bond donors (Lipinski definition) is 1. The Labute approximate surface area is 61.2 Å². The molecule has 0 spiro atoms. The largest absolute Gasteiger partial charge is 0.507 e. The van der Waals surface area contributed by atoms with Gasteiger partial charge in [-0.1, -0.05) is 14.5 Å². The highest BCUT2D eigenvalue weighted by Crippen LogP contribution is 2.31. The highest BCUT2D eigenvalue weighted by atomic mass is 32.7. The average molecular weight is 160 g/mol. The van der Waals surface area contributed by atoms with Crippen molar-refractivity contribution < 1.29 is 5.11 Å². The molecule has 0 aromatic heterocycles. The van der Waals surface area contributed by atoms with E-state index in [2.05, 4.69) is 8.44 Å². The van der Waals surface area contributed by atoms with Crippen LogP contribution in [0.15, 0.2) is 22.8 Å². The lowest BCUT2D eigenvalue weighted by Gasteiger charge is -2.06. The van der Waals surface area contributed by atoms with Crippen LogP contribution in [0.1, 0.15) is 12.8 Å². The number of aliphatic hydroxyl groups excluding tert-OH is 1. The molecule has 1 unspecified atom stereocenters. The summed E-state index contributed by atoms with van der Waals surface area (Å²) in [5.41, 5.74) is 0. The quantitative estimate of drug-likeness (QED) is 0.595. The maximum atomic E-state index is 9.13. The summed E-state index contributed by atoms with van der Waals surface area (Å²) in [6, 6.07) is 0. The monoisotopic (exact) mass is 160 g/mol. The van der Waals surface area contributed by atoms with E-state index >= 15 is 0 Å². The summed E-state index contributed by atoms with van der Waals surface area (Å²) in [6.07, 6.45) is 5.93. The lowest BCUT2D eigenvalue weighted by Crippen LogP contribution is -1.87. The van der Waals surface area contributed by atoms with Gasteiger partial charge in [-0.3, -0.25) is 0 Å². The van der Waals surface area contributed by atoms with Crippen LogP contribution in [0.2, 0.25) is 0 Å². The predicted octanol–water partition coefficient (Wildman–Crippen LogP) is 2.63. The molecular weight excluding hydrogens is 151 g/mol. The van der Waals surface area contributed by atoms with Crippen LogP contribution >= 0.6 is 19.8 Å². The van der Waals surface area contributed by atoms with E-state index in [9.17, 15) is 0 Å². The molecule has 0 heterocycles. The first-order valence-electron chi connectivity index (χ1n) is 2.81. The maximum Gasteiger partial charge on any atom is 0.125 e. The smallest absolute Gasteiger partial charge is 0.125 e. The van der Waals surface area contributed by atoms with Gasteiger partial charge >= 0.3 is 0 Å².